The Labute approximate surface area is 226 Å². The Morgan fingerprint density at radius 1 is 0.897 bits per heavy atom. The van der Waals surface area contributed by atoms with E-state index in [0.29, 0.717) is 17.9 Å². The lowest BCUT2D eigenvalue weighted by Crippen LogP contribution is -2.60. The highest BCUT2D eigenvalue weighted by molar-refractivity contribution is 5.88. The van der Waals surface area contributed by atoms with Gasteiger partial charge in [0.05, 0.1) is 18.8 Å². The van der Waals surface area contributed by atoms with Gasteiger partial charge in [0.1, 0.15) is 58.9 Å². The van der Waals surface area contributed by atoms with Crippen LogP contribution in [0.25, 0.3) is 22.1 Å². The third-order valence-corrected chi connectivity index (χ3v) is 6.86. The summed E-state index contributed by atoms with van der Waals surface area (Å²) in [5.74, 6) is 0.450. The Balaban J connectivity index is 1.44. The van der Waals surface area contributed by atoms with Crippen LogP contribution in [0.2, 0.25) is 0 Å². The zero-order chi connectivity index (χ0) is 27.9. The molecule has 1 aromatic heterocycles. The van der Waals surface area contributed by atoms with E-state index >= 15 is 0 Å². The van der Waals surface area contributed by atoms with Crippen LogP contribution in [0.4, 0.5) is 0 Å². The first-order valence-corrected chi connectivity index (χ1v) is 13.3. The topological polar surface area (TPSA) is 159 Å². The number of ether oxygens (including phenoxy) is 3. The fourth-order valence-electron chi connectivity index (χ4n) is 4.57. The number of phenols is 1. The molecule has 0 radical (unpaired) electrons. The van der Waals surface area contributed by atoms with Gasteiger partial charge in [-0.15, -0.1) is 0 Å². The molecule has 5 atom stereocenters. The molecule has 1 aliphatic rings. The Hall–Kier alpha value is -3.15. The van der Waals surface area contributed by atoms with Crippen molar-refractivity contribution in [2.24, 2.45) is 0 Å². The Bertz CT molecular complexity index is 1270. The summed E-state index contributed by atoms with van der Waals surface area (Å²) in [6.45, 7) is 2.12. The second-order valence-corrected chi connectivity index (χ2v) is 9.75. The molecule has 3 aromatic rings. The summed E-state index contributed by atoms with van der Waals surface area (Å²) >= 11 is 0. The molecule has 4 rings (SSSR count). The average Bonchev–Trinajstić information content (AvgIpc) is 2.93. The van der Waals surface area contributed by atoms with Crippen LogP contribution in [0, 0.1) is 0 Å². The third-order valence-electron chi connectivity index (χ3n) is 6.86. The molecule has 1 aliphatic heterocycles. The van der Waals surface area contributed by atoms with Crippen molar-refractivity contribution in [3.63, 3.8) is 0 Å². The van der Waals surface area contributed by atoms with Crippen molar-refractivity contribution < 1.29 is 44.2 Å². The largest absolute Gasteiger partial charge is 0.507 e. The minimum atomic E-state index is -1.56. The molecule has 212 valence electrons. The number of hydrogen-bond acceptors (Lipinski definition) is 10. The third kappa shape index (κ3) is 6.71. The maximum atomic E-state index is 13.2. The highest BCUT2D eigenvalue weighted by atomic mass is 16.7. The summed E-state index contributed by atoms with van der Waals surface area (Å²) < 4.78 is 22.4. The molecular weight excluding hydrogens is 508 g/mol. The van der Waals surface area contributed by atoms with Gasteiger partial charge in [0, 0.05) is 12.1 Å². The van der Waals surface area contributed by atoms with Gasteiger partial charge in [-0.2, -0.15) is 0 Å². The van der Waals surface area contributed by atoms with E-state index in [9.17, 15) is 30.3 Å². The van der Waals surface area contributed by atoms with E-state index in [1.54, 1.807) is 18.2 Å². The molecular formula is C29H36O10. The van der Waals surface area contributed by atoms with Gasteiger partial charge in [0.15, 0.2) is 0 Å². The summed E-state index contributed by atoms with van der Waals surface area (Å²) in [5, 5.41) is 50.0. The zero-order valence-corrected chi connectivity index (χ0v) is 21.9. The van der Waals surface area contributed by atoms with Crippen LogP contribution in [0.3, 0.4) is 0 Å². The van der Waals surface area contributed by atoms with E-state index in [4.69, 9.17) is 18.6 Å². The first kappa shape index (κ1) is 28.8. The predicted molar refractivity (Wildman–Crippen MR) is 143 cm³/mol. The highest BCUT2D eigenvalue weighted by Crippen LogP contribution is 2.31. The first-order chi connectivity index (χ1) is 18.8. The number of rotatable bonds is 12. The molecule has 1 fully saturated rings. The van der Waals surface area contributed by atoms with Crippen LogP contribution < -0.4 is 14.9 Å². The van der Waals surface area contributed by atoms with Crippen LogP contribution in [0.1, 0.15) is 45.4 Å². The van der Waals surface area contributed by atoms with Crippen molar-refractivity contribution in [1.82, 2.24) is 0 Å². The Kier molecular flexibility index (Phi) is 9.82. The SMILES string of the molecule is CCCCCCCCOc1cc(O)c2c(=O)c(-c3ccc(O[C@@H]4O[C@H](CO)[C@@H](O)[C@@H](O)[C@@H]4O)cc3)coc2c1. The Morgan fingerprint density at radius 3 is 2.33 bits per heavy atom. The van der Waals surface area contributed by atoms with Crippen molar-refractivity contribution in [3.8, 4) is 28.4 Å². The van der Waals surface area contributed by atoms with Crippen LogP contribution in [0.15, 0.2) is 51.9 Å². The second kappa shape index (κ2) is 13.3. The van der Waals surface area contributed by atoms with Crippen molar-refractivity contribution in [2.75, 3.05) is 13.2 Å². The maximum Gasteiger partial charge on any atom is 0.229 e. The molecule has 1 saturated heterocycles. The minimum absolute atomic E-state index is 0.0426. The number of aliphatic hydroxyl groups excluding tert-OH is 4. The number of aromatic hydroxyl groups is 1. The molecule has 2 aromatic carbocycles. The fraction of sp³-hybridized carbons (Fsp3) is 0.483. The lowest BCUT2D eigenvalue weighted by Gasteiger charge is -2.39. The van der Waals surface area contributed by atoms with Gasteiger partial charge in [0.25, 0.3) is 0 Å². The quantitative estimate of drug-likeness (QED) is 0.215. The number of aliphatic hydroxyl groups is 4. The summed E-state index contributed by atoms with van der Waals surface area (Å²) in [6, 6.07) is 9.24. The van der Waals surface area contributed by atoms with Crippen molar-refractivity contribution in [2.45, 2.75) is 76.2 Å². The van der Waals surface area contributed by atoms with Gasteiger partial charge < -0.3 is 44.2 Å². The zero-order valence-electron chi connectivity index (χ0n) is 21.9. The summed E-state index contributed by atoms with van der Waals surface area (Å²) in [5.41, 5.74) is 0.510. The average molecular weight is 545 g/mol. The van der Waals surface area contributed by atoms with Gasteiger partial charge in [0.2, 0.25) is 11.7 Å². The molecule has 10 nitrogen and oxygen atoms in total. The van der Waals surface area contributed by atoms with Crippen molar-refractivity contribution in [1.29, 1.82) is 0 Å². The van der Waals surface area contributed by atoms with Gasteiger partial charge in [-0.25, -0.2) is 0 Å². The van der Waals surface area contributed by atoms with E-state index in [-0.39, 0.29) is 28.0 Å². The van der Waals surface area contributed by atoms with Gasteiger partial charge in [-0.1, -0.05) is 51.2 Å². The first-order valence-electron chi connectivity index (χ1n) is 13.3. The molecule has 0 spiro atoms. The second-order valence-electron chi connectivity index (χ2n) is 9.75. The van der Waals surface area contributed by atoms with Gasteiger partial charge in [-0.3, -0.25) is 4.79 Å². The summed E-state index contributed by atoms with van der Waals surface area (Å²) in [6.07, 6.45) is 1.10. The highest BCUT2D eigenvalue weighted by Gasteiger charge is 2.44. The minimum Gasteiger partial charge on any atom is -0.507 e. The van der Waals surface area contributed by atoms with Crippen molar-refractivity contribution in [3.05, 3.63) is 52.9 Å². The maximum absolute atomic E-state index is 13.2. The molecule has 5 N–H and O–H groups in total. The number of hydrogen-bond donors (Lipinski definition) is 5. The smallest absolute Gasteiger partial charge is 0.229 e. The molecule has 0 aliphatic carbocycles. The lowest BCUT2D eigenvalue weighted by atomic mass is 9.99. The fourth-order valence-corrected chi connectivity index (χ4v) is 4.57. The summed E-state index contributed by atoms with van der Waals surface area (Å²) in [7, 11) is 0. The molecule has 0 bridgehead atoms. The Morgan fingerprint density at radius 2 is 1.62 bits per heavy atom. The van der Waals surface area contributed by atoms with Crippen molar-refractivity contribution >= 4 is 11.0 Å². The number of phenolic OH excluding ortho intramolecular Hbond substituents is 1. The molecule has 0 saturated carbocycles. The van der Waals surface area contributed by atoms with Crippen LogP contribution >= 0.6 is 0 Å². The van der Waals surface area contributed by atoms with E-state index in [2.05, 4.69) is 6.92 Å². The predicted octanol–water partition coefficient (Wildman–Crippen LogP) is 3.08. The standard InChI is InChI=1S/C29H36O10/c1-2-3-4-5-6-7-12-36-19-13-21(31)24-22(14-19)37-16-20(25(24)32)17-8-10-18(11-9-17)38-29-28(35)27(34)26(33)23(15-30)39-29/h8-11,13-14,16,23,26-31,33-35H,2-7,12,15H2,1H3/t23-,26-,27-,28+,29-/m1/s1. The number of benzene rings is 2. The van der Waals surface area contributed by atoms with Crippen LogP contribution in [-0.4, -0.2) is 69.5 Å². The van der Waals surface area contributed by atoms with Gasteiger partial charge >= 0.3 is 0 Å². The van der Waals surface area contributed by atoms with E-state index in [1.165, 1.54) is 50.1 Å². The number of unbranched alkanes of at least 4 members (excludes halogenated alkanes) is 5. The summed E-state index contributed by atoms with van der Waals surface area (Å²) in [4.78, 5) is 13.2. The molecule has 10 heteroatoms. The normalized spacial score (nSPS) is 23.2. The molecule has 0 unspecified atom stereocenters. The molecule has 2 heterocycles. The molecule has 0 amide bonds. The monoisotopic (exact) mass is 544 g/mol. The van der Waals surface area contributed by atoms with E-state index in [1.807, 2.05) is 0 Å². The lowest BCUT2D eigenvalue weighted by molar-refractivity contribution is -0.277. The van der Waals surface area contributed by atoms with E-state index in [0.717, 1.165) is 12.8 Å². The van der Waals surface area contributed by atoms with Crippen LogP contribution in [0.5, 0.6) is 17.2 Å². The van der Waals surface area contributed by atoms with E-state index < -0.39 is 42.7 Å². The number of fused-ring (bicyclic) bond motifs is 1. The molecule has 39 heavy (non-hydrogen) atoms. The van der Waals surface area contributed by atoms with Gasteiger partial charge in [-0.05, 0) is 24.1 Å². The van der Waals surface area contributed by atoms with Crippen LogP contribution in [-0.2, 0) is 4.74 Å².